The van der Waals surface area contributed by atoms with Crippen LogP contribution in [0.1, 0.15) is 29.6 Å². The molecule has 0 atom stereocenters. The van der Waals surface area contributed by atoms with Crippen LogP contribution < -0.4 is 10.1 Å². The third-order valence-corrected chi connectivity index (χ3v) is 4.22. The third kappa shape index (κ3) is 3.37. The second-order valence-electron chi connectivity index (χ2n) is 5.25. The Morgan fingerprint density at radius 1 is 1.14 bits per heavy atom. The van der Waals surface area contributed by atoms with E-state index in [1.807, 2.05) is 18.2 Å². The van der Waals surface area contributed by atoms with E-state index in [1.165, 1.54) is 6.42 Å². The van der Waals surface area contributed by atoms with E-state index in [2.05, 4.69) is 5.32 Å². The van der Waals surface area contributed by atoms with E-state index in [4.69, 9.17) is 27.9 Å². The topological polar surface area (TPSA) is 38.3 Å². The number of rotatable bonds is 4. The highest BCUT2D eigenvalue weighted by Gasteiger charge is 2.22. The lowest BCUT2D eigenvalue weighted by atomic mass is 9.96. The number of amides is 1. The van der Waals surface area contributed by atoms with Gasteiger partial charge >= 0.3 is 0 Å². The molecule has 2 aromatic rings. The first kappa shape index (κ1) is 15.2. The van der Waals surface area contributed by atoms with Gasteiger partial charge in [0.2, 0.25) is 0 Å². The Labute approximate surface area is 139 Å². The minimum Gasteiger partial charge on any atom is -0.490 e. The molecule has 0 unspecified atom stereocenters. The molecule has 1 N–H and O–H groups in total. The Morgan fingerprint density at radius 2 is 1.91 bits per heavy atom. The highest BCUT2D eigenvalue weighted by atomic mass is 35.5. The van der Waals surface area contributed by atoms with Gasteiger partial charge in [0.25, 0.3) is 5.91 Å². The van der Waals surface area contributed by atoms with Gasteiger partial charge in [0.05, 0.1) is 22.4 Å². The number of anilines is 1. The summed E-state index contributed by atoms with van der Waals surface area (Å²) in [6.07, 6.45) is 3.47. The number of ether oxygens (including phenoxy) is 1. The molecule has 3 rings (SSSR count). The zero-order valence-electron chi connectivity index (χ0n) is 11.8. The molecular weight excluding hydrogens is 321 g/mol. The molecule has 1 fully saturated rings. The third-order valence-electron chi connectivity index (χ3n) is 3.65. The van der Waals surface area contributed by atoms with Crippen LogP contribution >= 0.6 is 23.2 Å². The number of hydrogen-bond donors (Lipinski definition) is 1. The van der Waals surface area contributed by atoms with E-state index in [0.717, 1.165) is 12.8 Å². The number of nitrogens with one attached hydrogen (secondary N) is 1. The quantitative estimate of drug-likeness (QED) is 0.836. The summed E-state index contributed by atoms with van der Waals surface area (Å²) in [5, 5.41) is 3.73. The van der Waals surface area contributed by atoms with Crippen molar-refractivity contribution in [1.29, 1.82) is 0 Å². The Bertz CT molecular complexity index is 699. The van der Waals surface area contributed by atoms with Gasteiger partial charge in [-0.25, -0.2) is 0 Å². The van der Waals surface area contributed by atoms with Gasteiger partial charge in [-0.15, -0.1) is 0 Å². The predicted octanol–water partition coefficient (Wildman–Crippen LogP) is 5.18. The van der Waals surface area contributed by atoms with Gasteiger partial charge in [-0.05, 0) is 49.6 Å². The number of para-hydroxylation sites is 1. The highest BCUT2D eigenvalue weighted by molar-refractivity contribution is 6.35. The van der Waals surface area contributed by atoms with E-state index in [9.17, 15) is 4.79 Å². The maximum Gasteiger partial charge on any atom is 0.259 e. The molecule has 0 spiro atoms. The summed E-state index contributed by atoms with van der Waals surface area (Å²) >= 11 is 12.0. The first-order valence-electron chi connectivity index (χ1n) is 7.15. The summed E-state index contributed by atoms with van der Waals surface area (Å²) in [5.74, 6) is 0.335. The molecule has 5 heteroatoms. The van der Waals surface area contributed by atoms with Crippen LogP contribution in [0.3, 0.4) is 0 Å². The molecular formula is C17H15Cl2NO2. The first-order valence-corrected chi connectivity index (χ1v) is 7.91. The van der Waals surface area contributed by atoms with Crippen molar-refractivity contribution in [2.24, 2.45) is 0 Å². The molecule has 1 aliphatic carbocycles. The zero-order valence-corrected chi connectivity index (χ0v) is 13.3. The molecule has 0 saturated heterocycles. The van der Waals surface area contributed by atoms with E-state index < -0.39 is 0 Å². The average Bonchev–Trinajstić information content (AvgIpc) is 2.47. The number of carbonyl (C=O) groups is 1. The molecule has 114 valence electrons. The summed E-state index contributed by atoms with van der Waals surface area (Å²) < 4.78 is 5.87. The number of hydrogen-bond acceptors (Lipinski definition) is 2. The molecule has 2 aromatic carbocycles. The standard InChI is InChI=1S/C17H15Cl2NO2/c18-11-8-9-14(19)15(10-11)20-17(21)13-6-1-2-7-16(13)22-12-4-3-5-12/h1-2,6-10,12H,3-5H2,(H,20,21). The smallest absolute Gasteiger partial charge is 0.259 e. The molecule has 0 aliphatic heterocycles. The van der Waals surface area contributed by atoms with Crippen molar-refractivity contribution in [2.75, 3.05) is 5.32 Å². The van der Waals surface area contributed by atoms with Gasteiger partial charge in [-0.2, -0.15) is 0 Å². The number of carbonyl (C=O) groups excluding carboxylic acids is 1. The van der Waals surface area contributed by atoms with Crippen molar-refractivity contribution in [1.82, 2.24) is 0 Å². The van der Waals surface area contributed by atoms with Crippen molar-refractivity contribution in [3.63, 3.8) is 0 Å². The fourth-order valence-corrected chi connectivity index (χ4v) is 2.55. The molecule has 1 saturated carbocycles. The van der Waals surface area contributed by atoms with Crippen LogP contribution in [-0.4, -0.2) is 12.0 Å². The van der Waals surface area contributed by atoms with Crippen molar-refractivity contribution in [2.45, 2.75) is 25.4 Å². The maximum absolute atomic E-state index is 12.5. The molecule has 0 heterocycles. The van der Waals surface area contributed by atoms with E-state index >= 15 is 0 Å². The predicted molar refractivity (Wildman–Crippen MR) is 89.1 cm³/mol. The van der Waals surface area contributed by atoms with Crippen molar-refractivity contribution in [3.05, 3.63) is 58.1 Å². The maximum atomic E-state index is 12.5. The van der Waals surface area contributed by atoms with Crippen molar-refractivity contribution in [3.8, 4) is 5.75 Å². The molecule has 1 aliphatic rings. The Morgan fingerprint density at radius 3 is 2.64 bits per heavy atom. The van der Waals surface area contributed by atoms with Crippen LogP contribution in [0.2, 0.25) is 10.0 Å². The summed E-state index contributed by atoms with van der Waals surface area (Å²) in [6.45, 7) is 0. The van der Waals surface area contributed by atoms with Gasteiger partial charge in [0.1, 0.15) is 5.75 Å². The largest absolute Gasteiger partial charge is 0.490 e. The Kier molecular flexibility index (Phi) is 4.55. The van der Waals surface area contributed by atoms with Gasteiger partial charge in [0.15, 0.2) is 0 Å². The van der Waals surface area contributed by atoms with Crippen molar-refractivity contribution < 1.29 is 9.53 Å². The SMILES string of the molecule is O=C(Nc1cc(Cl)ccc1Cl)c1ccccc1OC1CCC1. The highest BCUT2D eigenvalue weighted by Crippen LogP contribution is 2.30. The lowest BCUT2D eigenvalue weighted by Crippen LogP contribution is -2.26. The second kappa shape index (κ2) is 6.59. The van der Waals surface area contributed by atoms with Crippen LogP contribution in [0.5, 0.6) is 5.75 Å². The lowest BCUT2D eigenvalue weighted by molar-refractivity contribution is 0.0992. The van der Waals surface area contributed by atoms with Crippen LogP contribution in [0, 0.1) is 0 Å². The summed E-state index contributed by atoms with van der Waals surface area (Å²) in [7, 11) is 0. The number of halogens is 2. The minimum absolute atomic E-state index is 0.212. The second-order valence-corrected chi connectivity index (χ2v) is 6.09. The van der Waals surface area contributed by atoms with Crippen LogP contribution in [0.4, 0.5) is 5.69 Å². The zero-order chi connectivity index (χ0) is 15.5. The van der Waals surface area contributed by atoms with Crippen LogP contribution in [-0.2, 0) is 0 Å². The fourth-order valence-electron chi connectivity index (χ4n) is 2.21. The fraction of sp³-hybridized carbons (Fsp3) is 0.235. The number of benzene rings is 2. The monoisotopic (exact) mass is 335 g/mol. The lowest BCUT2D eigenvalue weighted by Gasteiger charge is -2.27. The first-order chi connectivity index (χ1) is 10.6. The van der Waals surface area contributed by atoms with Crippen LogP contribution in [0.25, 0.3) is 0 Å². The average molecular weight is 336 g/mol. The van der Waals surface area contributed by atoms with Crippen LogP contribution in [0.15, 0.2) is 42.5 Å². The van der Waals surface area contributed by atoms with Gasteiger partial charge in [-0.1, -0.05) is 35.3 Å². The van der Waals surface area contributed by atoms with Crippen molar-refractivity contribution >= 4 is 34.8 Å². The van der Waals surface area contributed by atoms with Gasteiger partial charge < -0.3 is 10.1 Å². The van der Waals surface area contributed by atoms with E-state index in [0.29, 0.717) is 27.0 Å². The minimum atomic E-state index is -0.265. The molecule has 0 bridgehead atoms. The molecule has 22 heavy (non-hydrogen) atoms. The normalized spacial score (nSPS) is 14.3. The molecule has 3 nitrogen and oxygen atoms in total. The summed E-state index contributed by atoms with van der Waals surface area (Å²) in [6, 6.07) is 12.2. The molecule has 0 radical (unpaired) electrons. The van der Waals surface area contributed by atoms with E-state index in [1.54, 1.807) is 24.3 Å². The summed E-state index contributed by atoms with van der Waals surface area (Å²) in [5.41, 5.74) is 0.975. The molecule has 0 aromatic heterocycles. The Hall–Kier alpha value is -1.71. The van der Waals surface area contributed by atoms with Gasteiger partial charge in [-0.3, -0.25) is 4.79 Å². The van der Waals surface area contributed by atoms with E-state index in [-0.39, 0.29) is 12.0 Å². The molecule has 1 amide bonds. The summed E-state index contributed by atoms with van der Waals surface area (Å²) in [4.78, 5) is 12.5. The van der Waals surface area contributed by atoms with Gasteiger partial charge in [0, 0.05) is 5.02 Å². The Balaban J connectivity index is 1.81.